The van der Waals surface area contributed by atoms with Crippen LogP contribution in [0.3, 0.4) is 0 Å². The van der Waals surface area contributed by atoms with Gasteiger partial charge in [-0.25, -0.2) is 0 Å². The molecule has 0 aromatic carbocycles. The van der Waals surface area contributed by atoms with Gasteiger partial charge in [0.05, 0.1) is 0 Å². The van der Waals surface area contributed by atoms with E-state index in [0.717, 1.165) is 32.1 Å². The van der Waals surface area contributed by atoms with E-state index >= 15 is 0 Å². The Balaban J connectivity index is 2.22. The average Bonchev–Trinajstić information content (AvgIpc) is 2.47. The fourth-order valence-corrected chi connectivity index (χ4v) is 3.87. The minimum atomic E-state index is -0.0113. The highest BCUT2D eigenvalue weighted by molar-refractivity contribution is 5.69. The summed E-state index contributed by atoms with van der Waals surface area (Å²) in [6.07, 6.45) is 12.7. The summed E-state index contributed by atoms with van der Waals surface area (Å²) in [5.74, 6) is -0.0113. The first-order valence-electron chi connectivity index (χ1n) is 9.73. The lowest BCUT2D eigenvalue weighted by molar-refractivity contribution is -0.159. The number of carbonyl (C=O) groups is 1. The molecule has 1 aliphatic heterocycles. The fraction of sp³-hybridized carbons (Fsp3) is 0.857. The Labute approximate surface area is 149 Å². The maximum atomic E-state index is 12.1. The predicted molar refractivity (Wildman–Crippen MR) is 102 cm³/mol. The first kappa shape index (κ1) is 21.2. The van der Waals surface area contributed by atoms with Gasteiger partial charge in [0.25, 0.3) is 0 Å². The van der Waals surface area contributed by atoms with Crippen LogP contribution in [0.25, 0.3) is 0 Å². The van der Waals surface area contributed by atoms with Gasteiger partial charge in [0.15, 0.2) is 0 Å². The summed E-state index contributed by atoms with van der Waals surface area (Å²) in [7, 11) is 2.17. The molecular formula is C21H39NO2. The van der Waals surface area contributed by atoms with Gasteiger partial charge >= 0.3 is 5.97 Å². The molecule has 24 heavy (non-hydrogen) atoms. The van der Waals surface area contributed by atoms with Crippen molar-refractivity contribution >= 4 is 5.97 Å². The Hall–Kier alpha value is -0.830. The van der Waals surface area contributed by atoms with Crippen LogP contribution in [0.4, 0.5) is 0 Å². The third kappa shape index (κ3) is 6.96. The molecule has 0 saturated carbocycles. The number of esters is 1. The Morgan fingerprint density at radius 1 is 1.04 bits per heavy atom. The second-order valence-electron chi connectivity index (χ2n) is 8.65. The van der Waals surface area contributed by atoms with Gasteiger partial charge in [0, 0.05) is 30.3 Å². The molecule has 0 amide bonds. The summed E-state index contributed by atoms with van der Waals surface area (Å²) < 4.78 is 5.79. The second kappa shape index (κ2) is 9.60. The van der Waals surface area contributed by atoms with Crippen LogP contribution in [-0.2, 0) is 9.53 Å². The minimum absolute atomic E-state index is 0.0113. The molecule has 1 rings (SSSR count). The highest BCUT2D eigenvalue weighted by Crippen LogP contribution is 2.38. The van der Waals surface area contributed by atoms with Gasteiger partial charge in [-0.05, 0) is 54.0 Å². The van der Waals surface area contributed by atoms with E-state index in [4.69, 9.17) is 4.74 Å². The summed E-state index contributed by atoms with van der Waals surface area (Å²) >= 11 is 0. The molecule has 140 valence electrons. The van der Waals surface area contributed by atoms with Crippen molar-refractivity contribution in [2.24, 2.45) is 0 Å². The van der Waals surface area contributed by atoms with E-state index in [1.54, 1.807) is 0 Å². The number of likely N-dealkylation sites (tertiary alicyclic amines) is 1. The van der Waals surface area contributed by atoms with E-state index in [9.17, 15) is 4.79 Å². The van der Waals surface area contributed by atoms with E-state index in [-0.39, 0.29) is 23.2 Å². The Bertz CT molecular complexity index is 383. The van der Waals surface area contributed by atoms with Crippen LogP contribution in [0.1, 0.15) is 91.9 Å². The standard InChI is InChI=1S/C21H39NO2/c1-7-8-9-10-11-12-13-14-15-19(23)24-18-16-20(2,3)22(6)21(4,5)17-18/h7,18H,1,8-17H2,2-6H3. The zero-order chi connectivity index (χ0) is 18.2. The summed E-state index contributed by atoms with van der Waals surface area (Å²) in [6, 6.07) is 0. The van der Waals surface area contributed by atoms with Gasteiger partial charge in [0.1, 0.15) is 6.10 Å². The van der Waals surface area contributed by atoms with Crippen molar-refractivity contribution < 1.29 is 9.53 Å². The molecule has 3 nitrogen and oxygen atoms in total. The second-order valence-corrected chi connectivity index (χ2v) is 8.65. The molecule has 0 radical (unpaired) electrons. The lowest BCUT2D eigenvalue weighted by Crippen LogP contribution is -2.60. The molecule has 0 spiro atoms. The summed E-state index contributed by atoms with van der Waals surface area (Å²) in [5, 5.41) is 0. The lowest BCUT2D eigenvalue weighted by Gasteiger charge is -2.53. The smallest absolute Gasteiger partial charge is 0.306 e. The molecule has 0 bridgehead atoms. The number of unbranched alkanes of at least 4 members (excludes halogenated alkanes) is 6. The van der Waals surface area contributed by atoms with Crippen LogP contribution in [-0.4, -0.2) is 35.1 Å². The van der Waals surface area contributed by atoms with Crippen molar-refractivity contribution in [3.05, 3.63) is 12.7 Å². The van der Waals surface area contributed by atoms with Gasteiger partial charge in [-0.3, -0.25) is 9.69 Å². The molecule has 1 saturated heterocycles. The maximum absolute atomic E-state index is 12.1. The predicted octanol–water partition coefficient (Wildman–Crippen LogP) is 5.49. The minimum Gasteiger partial charge on any atom is -0.462 e. The van der Waals surface area contributed by atoms with Crippen LogP contribution in [0.2, 0.25) is 0 Å². The lowest BCUT2D eigenvalue weighted by atomic mass is 9.79. The molecule has 1 heterocycles. The van der Waals surface area contributed by atoms with Crippen LogP contribution in [0.15, 0.2) is 12.7 Å². The van der Waals surface area contributed by atoms with Crippen molar-refractivity contribution in [2.75, 3.05) is 7.05 Å². The highest BCUT2D eigenvalue weighted by Gasteiger charge is 2.44. The fourth-order valence-electron chi connectivity index (χ4n) is 3.87. The number of nitrogens with zero attached hydrogens (tertiary/aromatic N) is 1. The molecule has 1 fully saturated rings. The van der Waals surface area contributed by atoms with Gasteiger partial charge in [-0.1, -0.05) is 31.8 Å². The molecule has 0 unspecified atom stereocenters. The van der Waals surface area contributed by atoms with Gasteiger partial charge in [0.2, 0.25) is 0 Å². The van der Waals surface area contributed by atoms with Crippen LogP contribution in [0.5, 0.6) is 0 Å². The number of ether oxygens (including phenoxy) is 1. The van der Waals surface area contributed by atoms with E-state index in [2.05, 4.69) is 46.2 Å². The largest absolute Gasteiger partial charge is 0.462 e. The molecule has 3 heteroatoms. The third-order valence-corrected chi connectivity index (χ3v) is 5.61. The normalized spacial score (nSPS) is 20.7. The van der Waals surface area contributed by atoms with Crippen molar-refractivity contribution in [1.29, 1.82) is 0 Å². The molecule has 0 atom stereocenters. The highest BCUT2D eigenvalue weighted by atomic mass is 16.5. The number of hydrogen-bond acceptors (Lipinski definition) is 3. The SMILES string of the molecule is C=CCCCCCCCCC(=O)OC1CC(C)(C)N(C)C(C)(C)C1. The van der Waals surface area contributed by atoms with Crippen LogP contribution >= 0.6 is 0 Å². The first-order chi connectivity index (χ1) is 11.2. The number of piperidine rings is 1. The number of hydrogen-bond donors (Lipinski definition) is 0. The van der Waals surface area contributed by atoms with E-state index in [0.29, 0.717) is 6.42 Å². The monoisotopic (exact) mass is 337 g/mol. The van der Waals surface area contributed by atoms with Gasteiger partial charge in [-0.2, -0.15) is 0 Å². The van der Waals surface area contributed by atoms with E-state index in [1.807, 2.05) is 6.08 Å². The van der Waals surface area contributed by atoms with Crippen molar-refractivity contribution in [1.82, 2.24) is 4.90 Å². The molecule has 0 aromatic rings. The number of allylic oxidation sites excluding steroid dienone is 1. The van der Waals surface area contributed by atoms with Crippen molar-refractivity contribution in [2.45, 2.75) is 109 Å². The quantitative estimate of drug-likeness (QED) is 0.300. The Kier molecular flexibility index (Phi) is 8.49. The van der Waals surface area contributed by atoms with E-state index < -0.39 is 0 Å². The van der Waals surface area contributed by atoms with Gasteiger partial charge in [-0.15, -0.1) is 6.58 Å². The molecule has 0 aliphatic carbocycles. The summed E-state index contributed by atoms with van der Waals surface area (Å²) in [4.78, 5) is 14.6. The topological polar surface area (TPSA) is 29.5 Å². The van der Waals surface area contributed by atoms with Crippen LogP contribution in [0, 0.1) is 0 Å². The average molecular weight is 338 g/mol. The van der Waals surface area contributed by atoms with Gasteiger partial charge < -0.3 is 4.74 Å². The van der Waals surface area contributed by atoms with E-state index in [1.165, 1.54) is 25.7 Å². The number of rotatable bonds is 10. The maximum Gasteiger partial charge on any atom is 0.306 e. The summed E-state index contributed by atoms with van der Waals surface area (Å²) in [6.45, 7) is 12.7. The Morgan fingerprint density at radius 2 is 1.54 bits per heavy atom. The zero-order valence-electron chi connectivity index (χ0n) is 16.7. The molecule has 1 aliphatic rings. The first-order valence-corrected chi connectivity index (χ1v) is 9.73. The molecular weight excluding hydrogens is 298 g/mol. The third-order valence-electron chi connectivity index (χ3n) is 5.61. The van der Waals surface area contributed by atoms with Crippen LogP contribution < -0.4 is 0 Å². The molecule has 0 aromatic heterocycles. The Morgan fingerprint density at radius 3 is 2.08 bits per heavy atom. The number of carbonyl (C=O) groups excluding carboxylic acids is 1. The summed E-state index contributed by atoms with van der Waals surface area (Å²) in [5.41, 5.74) is 0.135. The molecule has 0 N–H and O–H groups in total. The van der Waals surface area contributed by atoms with Crippen molar-refractivity contribution in [3.63, 3.8) is 0 Å². The van der Waals surface area contributed by atoms with Crippen molar-refractivity contribution in [3.8, 4) is 0 Å². The zero-order valence-corrected chi connectivity index (χ0v) is 16.7.